The molecule has 4 atom stereocenters. The van der Waals surface area contributed by atoms with Crippen LogP contribution in [0.1, 0.15) is 147 Å². The lowest BCUT2D eigenvalue weighted by Crippen LogP contribution is -2.39. The van der Waals surface area contributed by atoms with Crippen LogP contribution in [0.5, 0.6) is 0 Å². The average molecular weight is 1210 g/mol. The van der Waals surface area contributed by atoms with Crippen molar-refractivity contribution in [2.45, 2.75) is 150 Å². The lowest BCUT2D eigenvalue weighted by Gasteiger charge is -2.34. The Morgan fingerprint density at radius 2 is 0.602 bits per heavy atom. The predicted molar refractivity (Wildman–Crippen MR) is 355 cm³/mol. The molecule has 0 amide bonds. The van der Waals surface area contributed by atoms with E-state index in [1.54, 1.807) is 0 Å². The summed E-state index contributed by atoms with van der Waals surface area (Å²) in [5.41, 5.74) is 5.43. The van der Waals surface area contributed by atoms with Crippen LogP contribution in [-0.4, -0.2) is 151 Å². The molecule has 0 radical (unpaired) electrons. The molecule has 0 saturated carbocycles. The Kier molecular flexibility index (Phi) is 38.4. The lowest BCUT2D eigenvalue weighted by atomic mass is 9.92. The van der Waals surface area contributed by atoms with Crippen molar-refractivity contribution in [3.8, 4) is 0 Å². The van der Waals surface area contributed by atoms with Gasteiger partial charge >= 0.3 is 0 Å². The second-order valence-corrected chi connectivity index (χ2v) is 26.4. The second kappa shape index (κ2) is 44.8. The van der Waals surface area contributed by atoms with Crippen molar-refractivity contribution in [2.75, 3.05) is 131 Å². The standard InChI is InChI=1S/2C19H30ClNO.C18H28ClNO.C16H25NO/c2*1-16-13-17(2)15-21(14-16)10-4-12-22-11-3-5-18-6-8-19(20)9-7-18;1-16-9-12-20(13-10-16)11-3-15-21-14-2-4-17-5-7-18(19)8-6-17;1-2-8-16(9-3-1)10-6-14-18-15-7-13-17-11-4-5-12-17/h2*6-9,16-17H,3-5,10-15H2,1-2H3;5-8,16H,2-4,9-15H2,1H3;1-3,8-9H,4-7,10-15H2/t16-,17+;16-,17-;;/m.0../s1. The summed E-state index contributed by atoms with van der Waals surface area (Å²) in [5, 5.41) is 2.42. The highest BCUT2D eigenvalue weighted by atomic mass is 35.5. The minimum absolute atomic E-state index is 0.807. The molecule has 0 bridgehead atoms. The molecule has 4 aromatic carbocycles. The van der Waals surface area contributed by atoms with Gasteiger partial charge in [-0.25, -0.2) is 0 Å². The minimum atomic E-state index is 0.807. The van der Waals surface area contributed by atoms with Crippen LogP contribution in [0.25, 0.3) is 0 Å². The molecule has 466 valence electrons. The molecule has 4 aliphatic rings. The number of ether oxygens (including phenoxy) is 4. The molecular formula is C72H113Cl3N4O4. The van der Waals surface area contributed by atoms with E-state index < -0.39 is 0 Å². The van der Waals surface area contributed by atoms with E-state index in [1.165, 1.54) is 146 Å². The van der Waals surface area contributed by atoms with Gasteiger partial charge in [-0.2, -0.15) is 0 Å². The fraction of sp³-hybridized carbons (Fsp3) is 0.667. The molecule has 8 nitrogen and oxygen atoms in total. The summed E-state index contributed by atoms with van der Waals surface area (Å²) in [7, 11) is 0. The zero-order valence-corrected chi connectivity index (χ0v) is 54.9. The van der Waals surface area contributed by atoms with Gasteiger partial charge < -0.3 is 38.5 Å². The van der Waals surface area contributed by atoms with Gasteiger partial charge in [-0.15, -0.1) is 0 Å². The molecule has 4 heterocycles. The molecule has 4 saturated heterocycles. The first-order valence-corrected chi connectivity index (χ1v) is 34.1. The number of halogens is 3. The lowest BCUT2D eigenvalue weighted by molar-refractivity contribution is 0.0980. The van der Waals surface area contributed by atoms with Crippen LogP contribution in [0.15, 0.2) is 103 Å². The molecule has 4 fully saturated rings. The van der Waals surface area contributed by atoms with Crippen molar-refractivity contribution in [1.29, 1.82) is 0 Å². The number of hydrogen-bond donors (Lipinski definition) is 0. The highest BCUT2D eigenvalue weighted by molar-refractivity contribution is 6.31. The van der Waals surface area contributed by atoms with Gasteiger partial charge in [0.1, 0.15) is 0 Å². The number of hydrogen-bond acceptors (Lipinski definition) is 8. The monoisotopic (exact) mass is 1200 g/mol. The highest BCUT2D eigenvalue weighted by Crippen LogP contribution is 2.23. The van der Waals surface area contributed by atoms with Gasteiger partial charge in [-0.3, -0.25) is 0 Å². The number of piperidine rings is 3. The number of benzene rings is 4. The molecule has 4 aliphatic heterocycles. The van der Waals surface area contributed by atoms with E-state index in [4.69, 9.17) is 53.8 Å². The highest BCUT2D eigenvalue weighted by Gasteiger charge is 2.22. The van der Waals surface area contributed by atoms with Crippen molar-refractivity contribution >= 4 is 34.8 Å². The third kappa shape index (κ3) is 35.1. The zero-order valence-electron chi connectivity index (χ0n) is 52.6. The van der Waals surface area contributed by atoms with E-state index in [9.17, 15) is 0 Å². The van der Waals surface area contributed by atoms with Gasteiger partial charge in [0.05, 0.1) is 0 Å². The van der Waals surface area contributed by atoms with Crippen molar-refractivity contribution in [1.82, 2.24) is 19.6 Å². The van der Waals surface area contributed by atoms with Crippen LogP contribution < -0.4 is 0 Å². The van der Waals surface area contributed by atoms with E-state index in [0.717, 1.165) is 168 Å². The third-order valence-corrected chi connectivity index (χ3v) is 17.4. The van der Waals surface area contributed by atoms with Crippen molar-refractivity contribution in [3.63, 3.8) is 0 Å². The van der Waals surface area contributed by atoms with E-state index >= 15 is 0 Å². The van der Waals surface area contributed by atoms with E-state index in [2.05, 4.69) is 121 Å². The summed E-state index contributed by atoms with van der Waals surface area (Å²) in [5.74, 6) is 4.33. The molecule has 0 spiro atoms. The summed E-state index contributed by atoms with van der Waals surface area (Å²) in [6.07, 6.45) is 21.6. The minimum Gasteiger partial charge on any atom is -0.381 e. The molecule has 0 unspecified atom stereocenters. The molecule has 0 aliphatic carbocycles. The van der Waals surface area contributed by atoms with Gasteiger partial charge in [0.25, 0.3) is 0 Å². The topological polar surface area (TPSA) is 49.9 Å². The number of nitrogens with zero attached hydrogens (tertiary/aromatic N) is 4. The Balaban J connectivity index is 0.000000203. The third-order valence-electron chi connectivity index (χ3n) is 16.6. The summed E-state index contributed by atoms with van der Waals surface area (Å²) in [4.78, 5) is 10.3. The van der Waals surface area contributed by atoms with Crippen LogP contribution in [0, 0.1) is 29.6 Å². The molecular weight excluding hydrogens is 1090 g/mol. The van der Waals surface area contributed by atoms with Gasteiger partial charge in [-0.1, -0.05) is 136 Å². The van der Waals surface area contributed by atoms with Crippen LogP contribution >= 0.6 is 34.8 Å². The Morgan fingerprint density at radius 1 is 0.325 bits per heavy atom. The van der Waals surface area contributed by atoms with Crippen LogP contribution in [0.2, 0.25) is 15.1 Å². The molecule has 0 N–H and O–H groups in total. The van der Waals surface area contributed by atoms with E-state index in [1.807, 2.05) is 36.4 Å². The summed E-state index contributed by atoms with van der Waals surface area (Å²) in [6.45, 7) is 33.9. The molecule has 8 rings (SSSR count). The quantitative estimate of drug-likeness (QED) is 0.0448. The Bertz CT molecular complexity index is 2040. The fourth-order valence-corrected chi connectivity index (χ4v) is 12.7. The molecule has 4 aromatic rings. The Hall–Kier alpha value is -2.57. The maximum Gasteiger partial charge on any atom is 0.0478 e. The summed E-state index contributed by atoms with van der Waals surface area (Å²) < 4.78 is 23.0. The number of likely N-dealkylation sites (tertiary alicyclic amines) is 4. The van der Waals surface area contributed by atoms with Crippen LogP contribution in [0.3, 0.4) is 0 Å². The molecule has 0 aromatic heterocycles. The summed E-state index contributed by atoms with van der Waals surface area (Å²) in [6, 6.07) is 35.0. The van der Waals surface area contributed by atoms with Crippen molar-refractivity contribution < 1.29 is 18.9 Å². The van der Waals surface area contributed by atoms with Crippen molar-refractivity contribution in [3.05, 3.63) is 140 Å². The van der Waals surface area contributed by atoms with Crippen LogP contribution in [-0.2, 0) is 44.6 Å². The normalized spacial score (nSPS) is 20.0. The van der Waals surface area contributed by atoms with Crippen LogP contribution in [0.4, 0.5) is 0 Å². The largest absolute Gasteiger partial charge is 0.381 e. The van der Waals surface area contributed by atoms with Gasteiger partial charge in [0.2, 0.25) is 0 Å². The smallest absolute Gasteiger partial charge is 0.0478 e. The summed E-state index contributed by atoms with van der Waals surface area (Å²) >= 11 is 17.6. The maximum absolute atomic E-state index is 5.88. The first-order valence-electron chi connectivity index (χ1n) is 32.9. The number of rotatable bonds is 32. The van der Waals surface area contributed by atoms with E-state index in [-0.39, 0.29) is 0 Å². The van der Waals surface area contributed by atoms with Gasteiger partial charge in [0, 0.05) is 120 Å². The Morgan fingerprint density at radius 3 is 0.928 bits per heavy atom. The maximum atomic E-state index is 5.88. The average Bonchev–Trinajstić information content (AvgIpc) is 4.03. The van der Waals surface area contributed by atoms with E-state index in [0.29, 0.717) is 0 Å². The molecule has 11 heteroatoms. The van der Waals surface area contributed by atoms with Crippen molar-refractivity contribution in [2.24, 2.45) is 29.6 Å². The number of aryl methyl sites for hydroxylation is 4. The fourth-order valence-electron chi connectivity index (χ4n) is 12.3. The molecule has 83 heavy (non-hydrogen) atoms. The Labute approximate surface area is 522 Å². The van der Waals surface area contributed by atoms with Gasteiger partial charge in [-0.05, 0) is 230 Å². The predicted octanol–water partition coefficient (Wildman–Crippen LogP) is 16.8. The second-order valence-electron chi connectivity index (χ2n) is 25.1. The van der Waals surface area contributed by atoms with Gasteiger partial charge in [0.15, 0.2) is 0 Å². The SMILES string of the molecule is CC1CCN(CCCOCCCc2ccc(Cl)cc2)CC1.C[C@@H]1C[C@H](C)CN(CCCOCCCc2ccc(Cl)cc2)C1.C[C@H]1C[C@H](C)CN(CCCOCCCc2ccc(Cl)cc2)C1.c1ccc(CCCOCCCN2CCCC2)cc1. The first-order chi connectivity index (χ1) is 40.4. The first kappa shape index (κ1) is 71.2. The zero-order chi connectivity index (χ0) is 59.0.